The lowest BCUT2D eigenvalue weighted by Crippen LogP contribution is -2.38. The Balaban J connectivity index is 2.00. The third-order valence-corrected chi connectivity index (χ3v) is 3.76. The van der Waals surface area contributed by atoms with Gasteiger partial charge in [-0.15, -0.1) is 0 Å². The molecule has 0 radical (unpaired) electrons. The van der Waals surface area contributed by atoms with Gasteiger partial charge in [0.15, 0.2) is 0 Å². The second-order valence-electron chi connectivity index (χ2n) is 5.22. The van der Waals surface area contributed by atoms with Crippen LogP contribution in [0.3, 0.4) is 0 Å². The van der Waals surface area contributed by atoms with Gasteiger partial charge in [0.25, 0.3) is 5.91 Å². The number of hydrogen-bond acceptors (Lipinski definition) is 5. The Bertz CT molecular complexity index is 550. The molecule has 1 aromatic rings. The summed E-state index contributed by atoms with van der Waals surface area (Å²) >= 11 is 0. The molecule has 126 valence electrons. The van der Waals surface area contributed by atoms with Crippen LogP contribution in [0.2, 0.25) is 0 Å². The van der Waals surface area contributed by atoms with Gasteiger partial charge in [-0.1, -0.05) is 0 Å². The predicted molar refractivity (Wildman–Crippen MR) is 84.4 cm³/mol. The van der Waals surface area contributed by atoms with Crippen molar-refractivity contribution >= 4 is 11.8 Å². The SMILES string of the molecule is CCOCC(=O)N1CCCN(C(=O)c2cccnc2OC)CC1. The third-order valence-electron chi connectivity index (χ3n) is 3.76. The van der Waals surface area contributed by atoms with Crippen LogP contribution < -0.4 is 4.74 Å². The number of pyridine rings is 1. The summed E-state index contributed by atoms with van der Waals surface area (Å²) in [4.78, 5) is 32.2. The third kappa shape index (κ3) is 4.41. The van der Waals surface area contributed by atoms with Crippen molar-refractivity contribution in [3.05, 3.63) is 23.9 Å². The summed E-state index contributed by atoms with van der Waals surface area (Å²) in [5, 5.41) is 0. The lowest BCUT2D eigenvalue weighted by Gasteiger charge is -2.22. The quantitative estimate of drug-likeness (QED) is 0.802. The molecule has 2 heterocycles. The molecular formula is C16H23N3O4. The van der Waals surface area contributed by atoms with Gasteiger partial charge < -0.3 is 19.3 Å². The van der Waals surface area contributed by atoms with Crippen LogP contribution in [0.4, 0.5) is 0 Å². The molecule has 0 spiro atoms. The van der Waals surface area contributed by atoms with E-state index in [9.17, 15) is 9.59 Å². The summed E-state index contributed by atoms with van der Waals surface area (Å²) in [6.45, 7) is 4.73. The van der Waals surface area contributed by atoms with Crippen molar-refractivity contribution in [2.45, 2.75) is 13.3 Å². The second kappa shape index (κ2) is 8.47. The fraction of sp³-hybridized carbons (Fsp3) is 0.562. The molecule has 0 atom stereocenters. The van der Waals surface area contributed by atoms with Crippen molar-refractivity contribution in [2.75, 3.05) is 46.5 Å². The van der Waals surface area contributed by atoms with E-state index in [1.807, 2.05) is 6.92 Å². The van der Waals surface area contributed by atoms with Crippen molar-refractivity contribution in [1.82, 2.24) is 14.8 Å². The molecule has 1 aromatic heterocycles. The van der Waals surface area contributed by atoms with Crippen molar-refractivity contribution in [3.63, 3.8) is 0 Å². The fourth-order valence-electron chi connectivity index (χ4n) is 2.54. The number of rotatable bonds is 5. The standard InChI is InChI=1S/C16H23N3O4/c1-3-23-12-14(20)18-8-5-9-19(11-10-18)16(21)13-6-4-7-17-15(13)22-2/h4,6-7H,3,5,8-12H2,1-2H3. The van der Waals surface area contributed by atoms with Crippen LogP contribution in [0, 0.1) is 0 Å². The number of carbonyl (C=O) groups excluding carboxylic acids is 2. The highest BCUT2D eigenvalue weighted by Crippen LogP contribution is 2.17. The maximum Gasteiger partial charge on any atom is 0.259 e. The highest BCUT2D eigenvalue weighted by Gasteiger charge is 2.24. The first-order chi connectivity index (χ1) is 11.2. The Morgan fingerprint density at radius 3 is 2.70 bits per heavy atom. The van der Waals surface area contributed by atoms with E-state index in [0.29, 0.717) is 44.2 Å². The van der Waals surface area contributed by atoms with Gasteiger partial charge in [-0.05, 0) is 25.5 Å². The summed E-state index contributed by atoms with van der Waals surface area (Å²) in [5.74, 6) is 0.181. The van der Waals surface area contributed by atoms with Crippen LogP contribution >= 0.6 is 0 Å². The first-order valence-electron chi connectivity index (χ1n) is 7.81. The van der Waals surface area contributed by atoms with E-state index >= 15 is 0 Å². The highest BCUT2D eigenvalue weighted by molar-refractivity contribution is 5.96. The molecule has 0 N–H and O–H groups in total. The largest absolute Gasteiger partial charge is 0.480 e. The number of aromatic nitrogens is 1. The summed E-state index contributed by atoms with van der Waals surface area (Å²) in [7, 11) is 1.50. The van der Waals surface area contributed by atoms with Crippen LogP contribution in [-0.2, 0) is 9.53 Å². The van der Waals surface area contributed by atoms with Crippen LogP contribution in [0.15, 0.2) is 18.3 Å². The lowest BCUT2D eigenvalue weighted by atomic mass is 10.2. The van der Waals surface area contributed by atoms with Gasteiger partial charge in [0.1, 0.15) is 12.2 Å². The first-order valence-corrected chi connectivity index (χ1v) is 7.81. The van der Waals surface area contributed by atoms with Crippen molar-refractivity contribution in [2.24, 2.45) is 0 Å². The van der Waals surface area contributed by atoms with Gasteiger partial charge in [-0.3, -0.25) is 9.59 Å². The smallest absolute Gasteiger partial charge is 0.259 e. The summed E-state index contributed by atoms with van der Waals surface area (Å²) < 4.78 is 10.3. The number of carbonyl (C=O) groups is 2. The molecule has 7 nitrogen and oxygen atoms in total. The van der Waals surface area contributed by atoms with Gasteiger partial charge in [0, 0.05) is 39.0 Å². The number of hydrogen-bond donors (Lipinski definition) is 0. The van der Waals surface area contributed by atoms with Crippen LogP contribution in [0.25, 0.3) is 0 Å². The van der Waals surface area contributed by atoms with Crippen LogP contribution in [0.5, 0.6) is 5.88 Å². The first kappa shape index (κ1) is 17.2. The zero-order valence-corrected chi connectivity index (χ0v) is 13.7. The van der Waals surface area contributed by atoms with E-state index in [0.717, 1.165) is 6.42 Å². The molecule has 0 aromatic carbocycles. The minimum absolute atomic E-state index is 0.0277. The summed E-state index contributed by atoms with van der Waals surface area (Å²) in [5.41, 5.74) is 0.448. The number of methoxy groups -OCH3 is 1. The van der Waals surface area contributed by atoms with E-state index in [1.54, 1.807) is 28.1 Å². The average molecular weight is 321 g/mol. The molecule has 23 heavy (non-hydrogen) atoms. The predicted octanol–water partition coefficient (Wildman–Crippen LogP) is 0.801. The zero-order chi connectivity index (χ0) is 16.7. The topological polar surface area (TPSA) is 72.0 Å². The molecule has 0 saturated carbocycles. The highest BCUT2D eigenvalue weighted by atomic mass is 16.5. The summed E-state index contributed by atoms with van der Waals surface area (Å²) in [6.07, 6.45) is 2.33. The van der Waals surface area contributed by atoms with Gasteiger partial charge >= 0.3 is 0 Å². The van der Waals surface area contributed by atoms with Gasteiger partial charge in [-0.2, -0.15) is 0 Å². The van der Waals surface area contributed by atoms with E-state index < -0.39 is 0 Å². The van der Waals surface area contributed by atoms with Gasteiger partial charge in [0.2, 0.25) is 11.8 Å². The van der Waals surface area contributed by atoms with Crippen LogP contribution in [0.1, 0.15) is 23.7 Å². The molecular weight excluding hydrogens is 298 g/mol. The molecule has 0 aliphatic carbocycles. The molecule has 1 aliphatic heterocycles. The van der Waals surface area contributed by atoms with E-state index in [1.165, 1.54) is 7.11 Å². The average Bonchev–Trinajstić information content (AvgIpc) is 2.85. The molecule has 0 bridgehead atoms. The van der Waals surface area contributed by atoms with Crippen LogP contribution in [-0.4, -0.2) is 73.1 Å². The van der Waals surface area contributed by atoms with Gasteiger partial charge in [0.05, 0.1) is 7.11 Å². The minimum Gasteiger partial charge on any atom is -0.480 e. The molecule has 2 rings (SSSR count). The molecule has 2 amide bonds. The minimum atomic E-state index is -0.117. The molecule has 1 saturated heterocycles. The molecule has 1 fully saturated rings. The Morgan fingerprint density at radius 2 is 1.96 bits per heavy atom. The zero-order valence-electron chi connectivity index (χ0n) is 13.7. The van der Waals surface area contributed by atoms with Crippen molar-refractivity contribution < 1.29 is 19.1 Å². The van der Waals surface area contributed by atoms with E-state index in [2.05, 4.69) is 4.98 Å². The number of ether oxygens (including phenoxy) is 2. The summed E-state index contributed by atoms with van der Waals surface area (Å²) in [6, 6.07) is 3.42. The molecule has 7 heteroatoms. The van der Waals surface area contributed by atoms with E-state index in [-0.39, 0.29) is 18.4 Å². The number of amides is 2. The Morgan fingerprint density at radius 1 is 1.22 bits per heavy atom. The lowest BCUT2D eigenvalue weighted by molar-refractivity contribution is -0.135. The second-order valence-corrected chi connectivity index (χ2v) is 5.22. The molecule has 1 aliphatic rings. The Labute approximate surface area is 136 Å². The van der Waals surface area contributed by atoms with Crippen molar-refractivity contribution in [3.8, 4) is 5.88 Å². The molecule has 0 unspecified atom stereocenters. The van der Waals surface area contributed by atoms with Crippen molar-refractivity contribution in [1.29, 1.82) is 0 Å². The Hall–Kier alpha value is -2.15. The fourth-order valence-corrected chi connectivity index (χ4v) is 2.54. The van der Waals surface area contributed by atoms with Gasteiger partial charge in [-0.25, -0.2) is 4.98 Å². The maximum absolute atomic E-state index is 12.7. The maximum atomic E-state index is 12.7. The Kier molecular flexibility index (Phi) is 6.34. The monoisotopic (exact) mass is 321 g/mol. The number of nitrogens with zero attached hydrogens (tertiary/aromatic N) is 3. The normalized spacial score (nSPS) is 15.2. The van der Waals surface area contributed by atoms with E-state index in [4.69, 9.17) is 9.47 Å².